The maximum Gasteiger partial charge on any atom is 0.158 e. The van der Waals surface area contributed by atoms with Crippen molar-refractivity contribution in [2.45, 2.75) is 60.8 Å². The van der Waals surface area contributed by atoms with Crippen molar-refractivity contribution in [3.05, 3.63) is 21.7 Å². The zero-order valence-corrected chi connectivity index (χ0v) is 14.0. The SMILES string of the molecule is CCCCN1C(=CC(=O)CC(C)(C)C)SC(C)=C1C. The first-order chi connectivity index (χ1) is 8.74. The third-order valence-corrected chi connectivity index (χ3v) is 4.31. The Morgan fingerprint density at radius 2 is 1.95 bits per heavy atom. The van der Waals surface area contributed by atoms with E-state index in [1.54, 1.807) is 11.8 Å². The molecule has 0 aromatic carbocycles. The van der Waals surface area contributed by atoms with E-state index in [-0.39, 0.29) is 11.2 Å². The predicted octanol–water partition coefficient (Wildman–Crippen LogP) is 4.93. The second kappa shape index (κ2) is 6.65. The van der Waals surface area contributed by atoms with Crippen LogP contribution in [-0.4, -0.2) is 17.2 Å². The van der Waals surface area contributed by atoms with E-state index in [1.165, 1.54) is 17.0 Å². The van der Waals surface area contributed by atoms with Crippen LogP contribution >= 0.6 is 11.8 Å². The third kappa shape index (κ3) is 5.06. The molecule has 0 aromatic rings. The van der Waals surface area contributed by atoms with Crippen molar-refractivity contribution in [3.8, 4) is 0 Å². The largest absolute Gasteiger partial charge is 0.339 e. The topological polar surface area (TPSA) is 20.3 Å². The molecule has 1 rings (SSSR count). The second-order valence-corrected chi connectivity index (χ2v) is 7.67. The number of carbonyl (C=O) groups is 1. The van der Waals surface area contributed by atoms with Gasteiger partial charge in [-0.15, -0.1) is 0 Å². The fraction of sp³-hybridized carbons (Fsp3) is 0.688. The average Bonchev–Trinajstić information content (AvgIpc) is 2.49. The standard InChI is InChI=1S/C16H27NOS/c1-7-8-9-17-12(2)13(3)19-15(17)10-14(18)11-16(4,5)6/h10H,7-9,11H2,1-6H3. The average molecular weight is 281 g/mol. The van der Waals surface area contributed by atoms with Crippen LogP contribution in [0.2, 0.25) is 0 Å². The Morgan fingerprint density at radius 3 is 2.47 bits per heavy atom. The number of nitrogens with zero attached hydrogens (tertiary/aromatic N) is 1. The van der Waals surface area contributed by atoms with Gasteiger partial charge in [-0.2, -0.15) is 0 Å². The number of thioether (sulfide) groups is 1. The first-order valence-corrected chi connectivity index (χ1v) is 7.93. The monoisotopic (exact) mass is 281 g/mol. The summed E-state index contributed by atoms with van der Waals surface area (Å²) in [7, 11) is 0. The summed E-state index contributed by atoms with van der Waals surface area (Å²) in [4.78, 5) is 15.7. The summed E-state index contributed by atoms with van der Waals surface area (Å²) < 4.78 is 0. The summed E-state index contributed by atoms with van der Waals surface area (Å²) in [5, 5.41) is 1.11. The van der Waals surface area contributed by atoms with Gasteiger partial charge in [-0.25, -0.2) is 0 Å². The zero-order valence-electron chi connectivity index (χ0n) is 13.2. The molecule has 0 aromatic heterocycles. The van der Waals surface area contributed by atoms with E-state index in [0.717, 1.165) is 18.0 Å². The van der Waals surface area contributed by atoms with Gasteiger partial charge in [0.1, 0.15) is 0 Å². The third-order valence-electron chi connectivity index (χ3n) is 3.16. The molecule has 2 nitrogen and oxygen atoms in total. The number of hydrogen-bond acceptors (Lipinski definition) is 3. The van der Waals surface area contributed by atoms with Crippen LogP contribution in [-0.2, 0) is 4.79 Å². The molecule has 0 saturated heterocycles. The van der Waals surface area contributed by atoms with Gasteiger partial charge in [0, 0.05) is 29.6 Å². The van der Waals surface area contributed by atoms with Crippen LogP contribution in [0.25, 0.3) is 0 Å². The minimum atomic E-state index is 0.0587. The number of allylic oxidation sites excluding steroid dienone is 3. The summed E-state index contributed by atoms with van der Waals surface area (Å²) in [6, 6.07) is 0. The van der Waals surface area contributed by atoms with E-state index in [1.807, 2.05) is 6.08 Å². The van der Waals surface area contributed by atoms with Crippen LogP contribution in [0.15, 0.2) is 21.7 Å². The molecule has 0 amide bonds. The first-order valence-electron chi connectivity index (χ1n) is 7.12. The van der Waals surface area contributed by atoms with Gasteiger partial charge in [0.05, 0.1) is 5.03 Å². The van der Waals surface area contributed by atoms with Crippen molar-refractivity contribution in [2.75, 3.05) is 6.54 Å². The smallest absolute Gasteiger partial charge is 0.158 e. The summed E-state index contributed by atoms with van der Waals surface area (Å²) in [6.07, 6.45) is 4.79. The maximum absolute atomic E-state index is 12.1. The second-order valence-electron chi connectivity index (χ2n) is 6.44. The Morgan fingerprint density at radius 1 is 1.32 bits per heavy atom. The van der Waals surface area contributed by atoms with Gasteiger partial charge < -0.3 is 4.90 Å². The van der Waals surface area contributed by atoms with Gasteiger partial charge >= 0.3 is 0 Å². The van der Waals surface area contributed by atoms with Gasteiger partial charge in [0.15, 0.2) is 5.78 Å². The summed E-state index contributed by atoms with van der Waals surface area (Å²) >= 11 is 1.73. The lowest BCUT2D eigenvalue weighted by atomic mass is 9.90. The highest BCUT2D eigenvalue weighted by Gasteiger charge is 2.24. The van der Waals surface area contributed by atoms with E-state index < -0.39 is 0 Å². The Hall–Kier alpha value is -0.700. The number of ketones is 1. The van der Waals surface area contributed by atoms with Gasteiger partial charge in [-0.3, -0.25) is 4.79 Å². The highest BCUT2D eigenvalue weighted by atomic mass is 32.2. The summed E-state index contributed by atoms with van der Waals surface area (Å²) in [5.74, 6) is 0.235. The number of carbonyl (C=O) groups excluding carboxylic acids is 1. The van der Waals surface area contributed by atoms with Crippen LogP contribution in [0.5, 0.6) is 0 Å². The molecular weight excluding hydrogens is 254 g/mol. The number of rotatable bonds is 5. The van der Waals surface area contributed by atoms with E-state index >= 15 is 0 Å². The molecule has 0 bridgehead atoms. The molecule has 19 heavy (non-hydrogen) atoms. The maximum atomic E-state index is 12.1. The minimum absolute atomic E-state index is 0.0587. The molecule has 108 valence electrons. The Labute approximate surface area is 122 Å². The lowest BCUT2D eigenvalue weighted by molar-refractivity contribution is -0.116. The van der Waals surface area contributed by atoms with E-state index in [4.69, 9.17) is 0 Å². The molecule has 3 heteroatoms. The van der Waals surface area contributed by atoms with Gasteiger partial charge in [-0.05, 0) is 25.7 Å². The minimum Gasteiger partial charge on any atom is -0.339 e. The molecule has 0 atom stereocenters. The highest BCUT2D eigenvalue weighted by Crippen LogP contribution is 2.40. The molecule has 1 aliphatic heterocycles. The van der Waals surface area contributed by atoms with Crippen molar-refractivity contribution in [1.82, 2.24) is 4.90 Å². The number of unbranched alkanes of at least 4 members (excludes halogenated alkanes) is 1. The number of hydrogen-bond donors (Lipinski definition) is 0. The Kier molecular flexibility index (Phi) is 5.72. The van der Waals surface area contributed by atoms with Gasteiger partial charge in [-0.1, -0.05) is 45.9 Å². The molecule has 0 saturated carbocycles. The van der Waals surface area contributed by atoms with Crippen LogP contribution < -0.4 is 0 Å². The first kappa shape index (κ1) is 16.4. The molecule has 0 unspecified atom stereocenters. The fourth-order valence-corrected chi connectivity index (χ4v) is 3.15. The summed E-state index contributed by atoms with van der Waals surface area (Å²) in [5.41, 5.74) is 1.36. The van der Waals surface area contributed by atoms with E-state index in [2.05, 4.69) is 46.4 Å². The lowest BCUT2D eigenvalue weighted by Gasteiger charge is -2.21. The summed E-state index contributed by atoms with van der Waals surface area (Å²) in [6.45, 7) is 13.8. The Bertz CT molecular complexity index is 401. The molecule has 0 N–H and O–H groups in total. The predicted molar refractivity (Wildman–Crippen MR) is 84.7 cm³/mol. The highest BCUT2D eigenvalue weighted by molar-refractivity contribution is 8.06. The fourth-order valence-electron chi connectivity index (χ4n) is 2.05. The molecule has 0 spiro atoms. The molecule has 0 fully saturated rings. The van der Waals surface area contributed by atoms with Crippen LogP contribution in [0, 0.1) is 5.41 Å². The normalized spacial score (nSPS) is 18.6. The zero-order chi connectivity index (χ0) is 14.6. The molecule has 0 aliphatic carbocycles. The van der Waals surface area contributed by atoms with Crippen molar-refractivity contribution in [3.63, 3.8) is 0 Å². The van der Waals surface area contributed by atoms with Crippen molar-refractivity contribution in [1.29, 1.82) is 0 Å². The van der Waals surface area contributed by atoms with Crippen molar-refractivity contribution in [2.24, 2.45) is 5.41 Å². The van der Waals surface area contributed by atoms with E-state index in [0.29, 0.717) is 6.42 Å². The Balaban J connectivity index is 2.79. The molecule has 1 heterocycles. The quantitative estimate of drug-likeness (QED) is 0.666. The van der Waals surface area contributed by atoms with Gasteiger partial charge in [0.2, 0.25) is 0 Å². The molecule has 0 radical (unpaired) electrons. The van der Waals surface area contributed by atoms with Gasteiger partial charge in [0.25, 0.3) is 0 Å². The van der Waals surface area contributed by atoms with E-state index in [9.17, 15) is 4.79 Å². The van der Waals surface area contributed by atoms with Crippen LogP contribution in [0.3, 0.4) is 0 Å². The molecule has 1 aliphatic rings. The van der Waals surface area contributed by atoms with Crippen molar-refractivity contribution < 1.29 is 4.79 Å². The van der Waals surface area contributed by atoms with Crippen LogP contribution in [0.4, 0.5) is 0 Å². The lowest BCUT2D eigenvalue weighted by Crippen LogP contribution is -2.19. The van der Waals surface area contributed by atoms with Crippen molar-refractivity contribution >= 4 is 17.5 Å². The molecular formula is C16H27NOS. The van der Waals surface area contributed by atoms with Crippen LogP contribution in [0.1, 0.15) is 60.8 Å².